The number of nitrogens with zero attached hydrogens (tertiary/aromatic N) is 1. The number of hydrogen-bond acceptors (Lipinski definition) is 5. The molecule has 24 heavy (non-hydrogen) atoms. The molecule has 0 amide bonds. The standard InChI is InChI=1S/C17H21NO3S3/c1-2-21-14-5-7-15(8-6-14)24(19,20)18-10-9-17(23-13-11-18)16-4-3-12-22-16/h3-8,12,17H,2,9-11,13H2,1H3. The van der Waals surface area contributed by atoms with Crippen molar-refractivity contribution in [3.05, 3.63) is 46.7 Å². The summed E-state index contributed by atoms with van der Waals surface area (Å²) in [6.45, 7) is 3.59. The first kappa shape index (κ1) is 17.8. The number of sulfonamides is 1. The van der Waals surface area contributed by atoms with E-state index in [4.69, 9.17) is 4.74 Å². The highest BCUT2D eigenvalue weighted by Crippen LogP contribution is 2.37. The molecule has 1 fully saturated rings. The second-order valence-electron chi connectivity index (χ2n) is 5.47. The predicted molar refractivity (Wildman–Crippen MR) is 101 cm³/mol. The molecule has 0 bridgehead atoms. The average molecular weight is 384 g/mol. The van der Waals surface area contributed by atoms with Crippen molar-refractivity contribution in [2.24, 2.45) is 0 Å². The quantitative estimate of drug-likeness (QED) is 0.782. The summed E-state index contributed by atoms with van der Waals surface area (Å²) in [6, 6.07) is 10.9. The van der Waals surface area contributed by atoms with E-state index in [1.807, 2.05) is 18.7 Å². The molecular formula is C17H21NO3S3. The van der Waals surface area contributed by atoms with Crippen LogP contribution in [0.15, 0.2) is 46.7 Å². The van der Waals surface area contributed by atoms with Crippen molar-refractivity contribution in [3.8, 4) is 5.75 Å². The highest BCUT2D eigenvalue weighted by atomic mass is 32.2. The number of hydrogen-bond donors (Lipinski definition) is 0. The van der Waals surface area contributed by atoms with E-state index in [2.05, 4.69) is 17.5 Å². The van der Waals surface area contributed by atoms with E-state index in [0.717, 1.165) is 12.2 Å². The molecule has 0 radical (unpaired) electrons. The smallest absolute Gasteiger partial charge is 0.243 e. The van der Waals surface area contributed by atoms with Crippen molar-refractivity contribution in [2.75, 3.05) is 25.4 Å². The van der Waals surface area contributed by atoms with Crippen LogP contribution < -0.4 is 4.74 Å². The maximum Gasteiger partial charge on any atom is 0.243 e. The molecule has 0 spiro atoms. The zero-order valence-electron chi connectivity index (χ0n) is 13.6. The SMILES string of the molecule is CCOc1ccc(S(=O)(=O)N2CCSC(c3cccs3)CC2)cc1. The summed E-state index contributed by atoms with van der Waals surface area (Å²) < 4.78 is 32.8. The third-order valence-corrected chi connectivity index (χ3v) is 8.29. The van der Waals surface area contributed by atoms with Gasteiger partial charge in [-0.05, 0) is 49.1 Å². The van der Waals surface area contributed by atoms with Gasteiger partial charge in [0.05, 0.1) is 11.5 Å². The largest absolute Gasteiger partial charge is 0.494 e. The molecule has 1 aliphatic rings. The van der Waals surface area contributed by atoms with Gasteiger partial charge >= 0.3 is 0 Å². The fraction of sp³-hybridized carbons (Fsp3) is 0.412. The first-order chi connectivity index (χ1) is 11.6. The van der Waals surface area contributed by atoms with Crippen molar-refractivity contribution in [3.63, 3.8) is 0 Å². The second kappa shape index (κ2) is 7.91. The van der Waals surface area contributed by atoms with E-state index in [-0.39, 0.29) is 0 Å². The lowest BCUT2D eigenvalue weighted by atomic mass is 10.2. The summed E-state index contributed by atoms with van der Waals surface area (Å²) >= 11 is 3.60. The lowest BCUT2D eigenvalue weighted by molar-refractivity contribution is 0.340. The van der Waals surface area contributed by atoms with Gasteiger partial charge in [0.25, 0.3) is 0 Å². The van der Waals surface area contributed by atoms with E-state index in [1.54, 1.807) is 39.9 Å². The molecule has 0 saturated carbocycles. The second-order valence-corrected chi connectivity index (χ2v) is 9.70. The molecule has 1 aromatic heterocycles. The molecular weight excluding hydrogens is 362 g/mol. The normalized spacial score (nSPS) is 19.8. The number of thiophene rings is 1. The first-order valence-electron chi connectivity index (χ1n) is 7.99. The van der Waals surface area contributed by atoms with E-state index in [9.17, 15) is 8.42 Å². The summed E-state index contributed by atoms with van der Waals surface area (Å²) in [5.74, 6) is 1.51. The van der Waals surface area contributed by atoms with Gasteiger partial charge in [-0.15, -0.1) is 11.3 Å². The molecule has 130 valence electrons. The lowest BCUT2D eigenvalue weighted by Gasteiger charge is -2.20. The number of rotatable bonds is 5. The van der Waals surface area contributed by atoms with Crippen LogP contribution in [0, 0.1) is 0 Å². The van der Waals surface area contributed by atoms with E-state index < -0.39 is 10.0 Å². The summed E-state index contributed by atoms with van der Waals surface area (Å²) in [5, 5.41) is 2.47. The van der Waals surface area contributed by atoms with E-state index in [1.165, 1.54) is 4.88 Å². The van der Waals surface area contributed by atoms with Crippen molar-refractivity contribution in [2.45, 2.75) is 23.5 Å². The summed E-state index contributed by atoms with van der Waals surface area (Å²) in [6.07, 6.45) is 0.849. The fourth-order valence-electron chi connectivity index (χ4n) is 2.72. The zero-order valence-corrected chi connectivity index (χ0v) is 16.0. The van der Waals surface area contributed by atoms with Crippen LogP contribution in [0.4, 0.5) is 0 Å². The Morgan fingerprint density at radius 1 is 1.21 bits per heavy atom. The Morgan fingerprint density at radius 3 is 2.67 bits per heavy atom. The van der Waals surface area contributed by atoms with Crippen LogP contribution >= 0.6 is 23.1 Å². The average Bonchev–Trinajstić information content (AvgIpc) is 3.00. The molecule has 0 N–H and O–H groups in total. The Morgan fingerprint density at radius 2 is 2.00 bits per heavy atom. The molecule has 1 aliphatic heterocycles. The number of benzene rings is 1. The van der Waals surface area contributed by atoms with Crippen LogP contribution in [0.2, 0.25) is 0 Å². The van der Waals surface area contributed by atoms with Crippen LogP contribution in [-0.2, 0) is 10.0 Å². The van der Waals surface area contributed by atoms with Crippen molar-refractivity contribution in [1.82, 2.24) is 4.31 Å². The van der Waals surface area contributed by atoms with Gasteiger partial charge < -0.3 is 4.74 Å². The predicted octanol–water partition coefficient (Wildman–Crippen LogP) is 4.02. The molecule has 1 unspecified atom stereocenters. The minimum absolute atomic E-state index is 0.338. The fourth-order valence-corrected chi connectivity index (χ4v) is 6.52. The van der Waals surface area contributed by atoms with Crippen LogP contribution in [-0.4, -0.2) is 38.2 Å². The Kier molecular flexibility index (Phi) is 5.86. The van der Waals surface area contributed by atoms with Gasteiger partial charge in [-0.3, -0.25) is 0 Å². The highest BCUT2D eigenvalue weighted by molar-refractivity contribution is 7.99. The van der Waals surface area contributed by atoms with Gasteiger partial charge in [0, 0.05) is 29.0 Å². The Bertz CT molecular complexity index is 742. The molecule has 2 heterocycles. The molecule has 3 rings (SSSR count). The minimum Gasteiger partial charge on any atom is -0.494 e. The Hall–Kier alpha value is -1.02. The summed E-state index contributed by atoms with van der Waals surface area (Å²) in [7, 11) is -3.44. The van der Waals surface area contributed by atoms with Crippen molar-refractivity contribution < 1.29 is 13.2 Å². The molecule has 0 aliphatic carbocycles. The van der Waals surface area contributed by atoms with Crippen LogP contribution in [0.1, 0.15) is 23.5 Å². The molecule has 4 nitrogen and oxygen atoms in total. The molecule has 1 atom stereocenters. The minimum atomic E-state index is -3.44. The third kappa shape index (κ3) is 3.96. The van der Waals surface area contributed by atoms with Crippen LogP contribution in [0.5, 0.6) is 5.75 Å². The number of thioether (sulfide) groups is 1. The molecule has 1 aromatic carbocycles. The van der Waals surface area contributed by atoms with Crippen molar-refractivity contribution in [1.29, 1.82) is 0 Å². The highest BCUT2D eigenvalue weighted by Gasteiger charge is 2.28. The lowest BCUT2D eigenvalue weighted by Crippen LogP contribution is -2.33. The van der Waals surface area contributed by atoms with Gasteiger partial charge in [-0.25, -0.2) is 8.42 Å². The monoisotopic (exact) mass is 383 g/mol. The molecule has 1 saturated heterocycles. The first-order valence-corrected chi connectivity index (χ1v) is 11.4. The Balaban J connectivity index is 1.72. The van der Waals surface area contributed by atoms with Gasteiger partial charge in [0.15, 0.2) is 0 Å². The van der Waals surface area contributed by atoms with Crippen LogP contribution in [0.3, 0.4) is 0 Å². The summed E-state index contributed by atoms with van der Waals surface area (Å²) in [4.78, 5) is 1.67. The van der Waals surface area contributed by atoms with Gasteiger partial charge in [0.2, 0.25) is 10.0 Å². The maximum absolute atomic E-state index is 12.9. The van der Waals surface area contributed by atoms with Gasteiger partial charge in [-0.1, -0.05) is 6.07 Å². The Labute approximate surface area is 151 Å². The van der Waals surface area contributed by atoms with Crippen molar-refractivity contribution >= 4 is 33.1 Å². The zero-order chi connectivity index (χ0) is 17.0. The van der Waals surface area contributed by atoms with Gasteiger partial charge in [0.1, 0.15) is 5.75 Å². The third-order valence-electron chi connectivity index (χ3n) is 3.93. The van der Waals surface area contributed by atoms with E-state index in [0.29, 0.717) is 35.6 Å². The maximum atomic E-state index is 12.9. The van der Waals surface area contributed by atoms with Gasteiger partial charge in [-0.2, -0.15) is 16.1 Å². The molecule has 2 aromatic rings. The number of ether oxygens (including phenoxy) is 1. The topological polar surface area (TPSA) is 46.6 Å². The van der Waals surface area contributed by atoms with Crippen LogP contribution in [0.25, 0.3) is 0 Å². The summed E-state index contributed by atoms with van der Waals surface area (Å²) in [5.41, 5.74) is 0. The van der Waals surface area contributed by atoms with E-state index >= 15 is 0 Å². The molecule has 7 heteroatoms.